The molecule has 0 aromatic rings. The summed E-state index contributed by atoms with van der Waals surface area (Å²) in [5, 5.41) is 8.08. The highest BCUT2D eigenvalue weighted by atomic mass is 16.5. The highest BCUT2D eigenvalue weighted by molar-refractivity contribution is 6.35. The van der Waals surface area contributed by atoms with E-state index in [0.717, 1.165) is 12.8 Å². The highest BCUT2D eigenvalue weighted by Crippen LogP contribution is 2.17. The van der Waals surface area contributed by atoms with E-state index in [1.807, 2.05) is 20.8 Å². The second kappa shape index (κ2) is 9.46. The number of hydrogen-bond donors (Lipinski definition) is 3. The first kappa shape index (κ1) is 20.2. The third-order valence-corrected chi connectivity index (χ3v) is 3.73. The van der Waals surface area contributed by atoms with Crippen molar-refractivity contribution in [3.05, 3.63) is 0 Å². The number of likely N-dealkylation sites (tertiary alicyclic amines) is 1. The molecule has 0 saturated carbocycles. The van der Waals surface area contributed by atoms with Crippen LogP contribution in [0, 0.1) is 5.92 Å². The fraction of sp³-hybridized carbons (Fsp3) is 0.812. The van der Waals surface area contributed by atoms with Crippen molar-refractivity contribution in [2.24, 2.45) is 5.92 Å². The van der Waals surface area contributed by atoms with Gasteiger partial charge in [-0.25, -0.2) is 4.79 Å². The molecule has 4 amide bonds. The zero-order valence-electron chi connectivity index (χ0n) is 15.1. The maximum Gasteiger partial charge on any atom is 0.317 e. The second-order valence-corrected chi connectivity index (χ2v) is 7.07. The number of carbonyl (C=O) groups excluding carboxylic acids is 3. The van der Waals surface area contributed by atoms with Crippen LogP contribution in [0.1, 0.15) is 33.6 Å². The van der Waals surface area contributed by atoms with Crippen LogP contribution in [0.2, 0.25) is 0 Å². The largest absolute Gasteiger partial charge is 0.383 e. The van der Waals surface area contributed by atoms with Gasteiger partial charge >= 0.3 is 17.8 Å². The topological polar surface area (TPSA) is 99.8 Å². The molecule has 0 unspecified atom stereocenters. The molecule has 1 heterocycles. The standard InChI is InChI=1S/C16H30N4O4/c1-16(2,3)19-15(23)20-8-5-12(6-9-20)11-18-14(22)13(21)17-7-10-24-4/h12H,5-11H2,1-4H3,(H,17,21)(H,18,22)(H,19,23). The first-order chi connectivity index (χ1) is 11.2. The van der Waals surface area contributed by atoms with Crippen LogP contribution in [0.5, 0.6) is 0 Å². The van der Waals surface area contributed by atoms with Crippen molar-refractivity contribution >= 4 is 17.8 Å². The van der Waals surface area contributed by atoms with Crippen LogP contribution in [0.25, 0.3) is 0 Å². The normalized spacial score (nSPS) is 15.8. The molecule has 8 heteroatoms. The molecule has 0 atom stereocenters. The molecule has 1 rings (SSSR count). The summed E-state index contributed by atoms with van der Waals surface area (Å²) in [7, 11) is 1.53. The lowest BCUT2D eigenvalue weighted by molar-refractivity contribution is -0.139. The summed E-state index contributed by atoms with van der Waals surface area (Å²) < 4.78 is 4.80. The number of amides is 4. The Hall–Kier alpha value is -1.83. The third kappa shape index (κ3) is 7.63. The van der Waals surface area contributed by atoms with Crippen LogP contribution in [0.3, 0.4) is 0 Å². The van der Waals surface area contributed by atoms with Gasteiger partial charge in [-0.2, -0.15) is 0 Å². The van der Waals surface area contributed by atoms with E-state index in [0.29, 0.717) is 32.8 Å². The van der Waals surface area contributed by atoms with E-state index in [1.54, 1.807) is 4.90 Å². The summed E-state index contributed by atoms with van der Waals surface area (Å²) in [6.07, 6.45) is 1.62. The van der Waals surface area contributed by atoms with E-state index in [9.17, 15) is 14.4 Å². The van der Waals surface area contributed by atoms with Crippen molar-refractivity contribution in [3.8, 4) is 0 Å². The highest BCUT2D eigenvalue weighted by Gasteiger charge is 2.25. The van der Waals surface area contributed by atoms with E-state index in [-0.39, 0.29) is 17.5 Å². The van der Waals surface area contributed by atoms with Gasteiger partial charge in [0.05, 0.1) is 6.61 Å². The molecule has 1 aliphatic heterocycles. The van der Waals surface area contributed by atoms with Gasteiger partial charge in [0.25, 0.3) is 0 Å². The van der Waals surface area contributed by atoms with E-state index >= 15 is 0 Å². The predicted molar refractivity (Wildman–Crippen MR) is 90.5 cm³/mol. The number of ether oxygens (including phenoxy) is 1. The van der Waals surface area contributed by atoms with Crippen LogP contribution in [0.15, 0.2) is 0 Å². The summed E-state index contributed by atoms with van der Waals surface area (Å²) in [5.41, 5.74) is -0.252. The average molecular weight is 342 g/mol. The second-order valence-electron chi connectivity index (χ2n) is 7.07. The van der Waals surface area contributed by atoms with Gasteiger partial charge in [-0.05, 0) is 39.5 Å². The lowest BCUT2D eigenvalue weighted by Crippen LogP contribution is -2.51. The van der Waals surface area contributed by atoms with E-state index in [1.165, 1.54) is 7.11 Å². The molecule has 0 aromatic carbocycles. The van der Waals surface area contributed by atoms with Gasteiger partial charge < -0.3 is 25.6 Å². The minimum atomic E-state index is -0.644. The van der Waals surface area contributed by atoms with Crippen LogP contribution in [0.4, 0.5) is 4.79 Å². The lowest BCUT2D eigenvalue weighted by atomic mass is 9.97. The zero-order valence-corrected chi connectivity index (χ0v) is 15.1. The van der Waals surface area contributed by atoms with Crippen molar-refractivity contribution in [3.63, 3.8) is 0 Å². The number of carbonyl (C=O) groups is 3. The SMILES string of the molecule is COCCNC(=O)C(=O)NCC1CCN(C(=O)NC(C)(C)C)CC1. The Morgan fingerprint density at radius 1 is 1.08 bits per heavy atom. The number of piperidine rings is 1. The molecular formula is C16H30N4O4. The monoisotopic (exact) mass is 342 g/mol. The summed E-state index contributed by atoms with van der Waals surface area (Å²) in [6.45, 7) is 8.29. The van der Waals surface area contributed by atoms with E-state index in [2.05, 4.69) is 16.0 Å². The molecule has 138 valence electrons. The molecule has 0 spiro atoms. The quantitative estimate of drug-likeness (QED) is 0.487. The Labute approximate surface area is 143 Å². The Bertz CT molecular complexity index is 440. The number of nitrogens with zero attached hydrogens (tertiary/aromatic N) is 1. The molecule has 1 aliphatic rings. The predicted octanol–water partition coefficient (Wildman–Crippen LogP) is 0.0853. The van der Waals surface area contributed by atoms with Gasteiger partial charge in [0.1, 0.15) is 0 Å². The number of hydrogen-bond acceptors (Lipinski definition) is 4. The fourth-order valence-electron chi connectivity index (χ4n) is 2.40. The van der Waals surface area contributed by atoms with Gasteiger partial charge in [-0.15, -0.1) is 0 Å². The number of methoxy groups -OCH3 is 1. The minimum Gasteiger partial charge on any atom is -0.383 e. The van der Waals surface area contributed by atoms with Crippen molar-refractivity contribution in [1.82, 2.24) is 20.9 Å². The molecule has 1 fully saturated rings. The maximum atomic E-state index is 12.1. The molecule has 3 N–H and O–H groups in total. The van der Waals surface area contributed by atoms with E-state index < -0.39 is 11.8 Å². The minimum absolute atomic E-state index is 0.0532. The Balaban J connectivity index is 2.25. The average Bonchev–Trinajstić information content (AvgIpc) is 2.51. The van der Waals surface area contributed by atoms with Gasteiger partial charge in [-0.1, -0.05) is 0 Å². The Morgan fingerprint density at radius 2 is 1.67 bits per heavy atom. The summed E-state index contributed by atoms with van der Waals surface area (Å²) >= 11 is 0. The maximum absolute atomic E-state index is 12.1. The number of nitrogens with one attached hydrogen (secondary N) is 3. The summed E-state index contributed by atoms with van der Waals surface area (Å²) in [6, 6.07) is -0.0532. The smallest absolute Gasteiger partial charge is 0.317 e. The van der Waals surface area contributed by atoms with Crippen LogP contribution < -0.4 is 16.0 Å². The van der Waals surface area contributed by atoms with Gasteiger partial charge in [0.15, 0.2) is 0 Å². The molecule has 0 aromatic heterocycles. The van der Waals surface area contributed by atoms with Gasteiger partial charge in [-0.3, -0.25) is 9.59 Å². The first-order valence-electron chi connectivity index (χ1n) is 8.35. The van der Waals surface area contributed by atoms with E-state index in [4.69, 9.17) is 4.74 Å². The summed E-state index contributed by atoms with van der Waals surface area (Å²) in [4.78, 5) is 37.1. The van der Waals surface area contributed by atoms with Gasteiger partial charge in [0.2, 0.25) is 0 Å². The van der Waals surface area contributed by atoms with Crippen LogP contribution >= 0.6 is 0 Å². The van der Waals surface area contributed by atoms with Crippen LogP contribution in [-0.4, -0.2) is 68.2 Å². The number of rotatable bonds is 5. The van der Waals surface area contributed by atoms with Crippen LogP contribution in [-0.2, 0) is 14.3 Å². The van der Waals surface area contributed by atoms with Crippen molar-refractivity contribution in [1.29, 1.82) is 0 Å². The first-order valence-corrected chi connectivity index (χ1v) is 8.35. The zero-order chi connectivity index (χ0) is 18.2. The fourth-order valence-corrected chi connectivity index (χ4v) is 2.40. The Morgan fingerprint density at radius 3 is 2.21 bits per heavy atom. The molecule has 0 bridgehead atoms. The van der Waals surface area contributed by atoms with Gasteiger partial charge in [0, 0.05) is 38.8 Å². The number of urea groups is 1. The third-order valence-electron chi connectivity index (χ3n) is 3.73. The molecule has 1 saturated heterocycles. The Kier molecular flexibility index (Phi) is 7.97. The molecule has 8 nitrogen and oxygen atoms in total. The summed E-state index contributed by atoms with van der Waals surface area (Å²) in [5.74, 6) is -0.993. The lowest BCUT2D eigenvalue weighted by Gasteiger charge is -2.34. The molecule has 24 heavy (non-hydrogen) atoms. The van der Waals surface area contributed by atoms with Crippen molar-refractivity contribution < 1.29 is 19.1 Å². The molecule has 0 radical (unpaired) electrons. The molecular weight excluding hydrogens is 312 g/mol. The molecule has 0 aliphatic carbocycles. The van der Waals surface area contributed by atoms with Crippen molar-refractivity contribution in [2.45, 2.75) is 39.2 Å². The van der Waals surface area contributed by atoms with Crippen molar-refractivity contribution in [2.75, 3.05) is 39.9 Å².